The van der Waals surface area contributed by atoms with Crippen molar-refractivity contribution in [2.75, 3.05) is 33.4 Å². The number of ether oxygens (including phenoxy) is 2. The number of nitrogens with zero attached hydrogens (tertiary/aromatic N) is 1. The van der Waals surface area contributed by atoms with Gasteiger partial charge >= 0.3 is 5.97 Å². The van der Waals surface area contributed by atoms with Crippen molar-refractivity contribution < 1.29 is 24.2 Å². The molecule has 1 spiro atoms. The van der Waals surface area contributed by atoms with Crippen LogP contribution in [-0.2, 0) is 9.53 Å². The number of rotatable bonds is 4. The van der Waals surface area contributed by atoms with Gasteiger partial charge in [0.1, 0.15) is 5.75 Å². The molecule has 152 valence electrons. The lowest BCUT2D eigenvalue weighted by Gasteiger charge is -2.36. The van der Waals surface area contributed by atoms with Gasteiger partial charge in [-0.25, -0.2) is 0 Å². The van der Waals surface area contributed by atoms with E-state index < -0.39 is 11.9 Å². The molecule has 0 saturated carbocycles. The van der Waals surface area contributed by atoms with E-state index in [9.17, 15) is 14.7 Å². The van der Waals surface area contributed by atoms with Gasteiger partial charge in [-0.1, -0.05) is 24.3 Å². The molecule has 2 aliphatic rings. The number of carbonyl (C=O) groups excluding carboxylic acids is 1. The highest BCUT2D eigenvalue weighted by Gasteiger charge is 2.52. The molecule has 6 nitrogen and oxygen atoms in total. The number of carbonyl (C=O) groups is 2. The Morgan fingerprint density at radius 1 is 1.10 bits per heavy atom. The maximum absolute atomic E-state index is 13.1. The van der Waals surface area contributed by atoms with E-state index in [1.54, 1.807) is 12.0 Å². The van der Waals surface area contributed by atoms with E-state index in [4.69, 9.17) is 9.47 Å². The zero-order valence-electron chi connectivity index (χ0n) is 16.5. The van der Waals surface area contributed by atoms with Gasteiger partial charge in [0.15, 0.2) is 0 Å². The molecule has 2 aromatic rings. The molecule has 1 amide bonds. The fourth-order valence-electron chi connectivity index (χ4n) is 4.54. The molecule has 0 radical (unpaired) electrons. The Kier molecular flexibility index (Phi) is 5.28. The molecule has 1 N–H and O–H groups in total. The van der Waals surface area contributed by atoms with E-state index >= 15 is 0 Å². The lowest BCUT2D eigenvalue weighted by molar-refractivity contribution is -0.146. The number of methoxy groups -OCH3 is 1. The summed E-state index contributed by atoms with van der Waals surface area (Å²) in [6, 6.07) is 15.2. The summed E-state index contributed by atoms with van der Waals surface area (Å²) in [5.41, 5.74) is 2.20. The summed E-state index contributed by atoms with van der Waals surface area (Å²) >= 11 is 0. The van der Waals surface area contributed by atoms with Crippen molar-refractivity contribution in [1.29, 1.82) is 0 Å². The molecule has 4 rings (SSSR count). The van der Waals surface area contributed by atoms with Crippen molar-refractivity contribution in [2.45, 2.75) is 12.8 Å². The molecule has 2 aromatic carbocycles. The normalized spacial score (nSPS) is 20.6. The maximum atomic E-state index is 13.1. The summed E-state index contributed by atoms with van der Waals surface area (Å²) in [6.45, 7) is 1.84. The topological polar surface area (TPSA) is 76.1 Å². The average molecular weight is 395 g/mol. The fraction of sp³-hybridized carbons (Fsp3) is 0.391. The summed E-state index contributed by atoms with van der Waals surface area (Å²) in [7, 11) is 1.63. The number of likely N-dealkylation sites (tertiary alicyclic amines) is 1. The summed E-state index contributed by atoms with van der Waals surface area (Å²) in [5, 5.41) is 9.72. The van der Waals surface area contributed by atoms with E-state index in [-0.39, 0.29) is 17.9 Å². The van der Waals surface area contributed by atoms with Crippen LogP contribution in [0.1, 0.15) is 23.2 Å². The predicted octanol–water partition coefficient (Wildman–Crippen LogP) is 3.32. The van der Waals surface area contributed by atoms with E-state index in [2.05, 4.69) is 0 Å². The molecule has 0 aromatic heterocycles. The highest BCUT2D eigenvalue weighted by atomic mass is 16.5. The van der Waals surface area contributed by atoms with E-state index in [1.807, 2.05) is 48.5 Å². The number of hydrogen-bond donors (Lipinski definition) is 1. The van der Waals surface area contributed by atoms with Crippen LogP contribution in [0, 0.1) is 11.3 Å². The van der Waals surface area contributed by atoms with Crippen LogP contribution in [0.2, 0.25) is 0 Å². The van der Waals surface area contributed by atoms with Crippen molar-refractivity contribution in [3.8, 4) is 16.9 Å². The SMILES string of the molecule is COc1cccc(-c2ccc(C(=O)N3CC(C(=O)O)C4(CCOCC4)C3)cc2)c1. The van der Waals surface area contributed by atoms with E-state index in [1.165, 1.54) is 0 Å². The number of amides is 1. The predicted molar refractivity (Wildman–Crippen MR) is 108 cm³/mol. The van der Waals surface area contributed by atoms with Gasteiger partial charge in [0, 0.05) is 37.3 Å². The second kappa shape index (κ2) is 7.87. The zero-order chi connectivity index (χ0) is 20.4. The van der Waals surface area contributed by atoms with Gasteiger partial charge in [-0.3, -0.25) is 9.59 Å². The summed E-state index contributed by atoms with van der Waals surface area (Å²) in [6.07, 6.45) is 1.37. The van der Waals surface area contributed by atoms with Gasteiger partial charge in [0.2, 0.25) is 0 Å². The minimum Gasteiger partial charge on any atom is -0.497 e. The Hall–Kier alpha value is -2.86. The quantitative estimate of drug-likeness (QED) is 0.860. The molecule has 2 heterocycles. The molecule has 0 aliphatic carbocycles. The van der Waals surface area contributed by atoms with Crippen LogP contribution in [-0.4, -0.2) is 55.3 Å². The Bertz CT molecular complexity index is 902. The standard InChI is InChI=1S/C23H25NO5/c1-28-19-4-2-3-18(13-19)16-5-7-17(8-6-16)21(25)24-14-20(22(26)27)23(15-24)9-11-29-12-10-23/h2-8,13,20H,9-12,14-15H2,1H3,(H,26,27). The summed E-state index contributed by atoms with van der Waals surface area (Å²) < 4.78 is 10.7. The lowest BCUT2D eigenvalue weighted by atomic mass is 9.72. The molecule has 2 aliphatic heterocycles. The van der Waals surface area contributed by atoms with Crippen LogP contribution in [0.4, 0.5) is 0 Å². The first kappa shape index (κ1) is 19.5. The number of carboxylic acid groups (broad SMARTS) is 1. The van der Waals surface area contributed by atoms with E-state index in [0.29, 0.717) is 38.2 Å². The first-order chi connectivity index (χ1) is 14.0. The monoisotopic (exact) mass is 395 g/mol. The van der Waals surface area contributed by atoms with Crippen LogP contribution >= 0.6 is 0 Å². The molecular weight excluding hydrogens is 370 g/mol. The van der Waals surface area contributed by atoms with Gasteiger partial charge in [-0.15, -0.1) is 0 Å². The fourth-order valence-corrected chi connectivity index (χ4v) is 4.54. The van der Waals surface area contributed by atoms with Gasteiger partial charge in [-0.05, 0) is 48.2 Å². The summed E-state index contributed by atoms with van der Waals surface area (Å²) in [4.78, 5) is 26.6. The van der Waals surface area contributed by atoms with Crippen LogP contribution in [0.5, 0.6) is 5.75 Å². The number of carboxylic acids is 1. The smallest absolute Gasteiger partial charge is 0.308 e. The van der Waals surface area contributed by atoms with Crippen molar-refractivity contribution in [2.24, 2.45) is 11.3 Å². The average Bonchev–Trinajstić information content (AvgIpc) is 3.12. The number of hydrogen-bond acceptors (Lipinski definition) is 4. The first-order valence-corrected chi connectivity index (χ1v) is 9.87. The van der Waals surface area contributed by atoms with Crippen LogP contribution in [0.25, 0.3) is 11.1 Å². The Morgan fingerprint density at radius 2 is 1.83 bits per heavy atom. The van der Waals surface area contributed by atoms with E-state index in [0.717, 1.165) is 16.9 Å². The molecule has 6 heteroatoms. The van der Waals surface area contributed by atoms with Gasteiger partial charge in [0.05, 0.1) is 13.0 Å². The van der Waals surface area contributed by atoms with Crippen molar-refractivity contribution in [1.82, 2.24) is 4.90 Å². The Balaban J connectivity index is 1.53. The first-order valence-electron chi connectivity index (χ1n) is 9.87. The molecule has 1 unspecified atom stereocenters. The molecule has 1 atom stereocenters. The highest BCUT2D eigenvalue weighted by Crippen LogP contribution is 2.44. The van der Waals surface area contributed by atoms with Crippen molar-refractivity contribution >= 4 is 11.9 Å². The maximum Gasteiger partial charge on any atom is 0.308 e. The van der Waals surface area contributed by atoms with Gasteiger partial charge < -0.3 is 19.5 Å². The third-order valence-electron chi connectivity index (χ3n) is 6.26. The van der Waals surface area contributed by atoms with Crippen molar-refractivity contribution in [3.63, 3.8) is 0 Å². The lowest BCUT2D eigenvalue weighted by Crippen LogP contribution is -2.40. The van der Waals surface area contributed by atoms with Gasteiger partial charge in [-0.2, -0.15) is 0 Å². The minimum atomic E-state index is -0.824. The van der Waals surface area contributed by atoms with Crippen LogP contribution < -0.4 is 4.74 Å². The Labute approximate surface area is 170 Å². The number of benzene rings is 2. The third-order valence-corrected chi connectivity index (χ3v) is 6.26. The highest BCUT2D eigenvalue weighted by molar-refractivity contribution is 5.95. The second-order valence-corrected chi connectivity index (χ2v) is 7.86. The van der Waals surface area contributed by atoms with Crippen LogP contribution in [0.3, 0.4) is 0 Å². The number of aliphatic carboxylic acids is 1. The third kappa shape index (κ3) is 3.72. The summed E-state index contributed by atoms with van der Waals surface area (Å²) in [5.74, 6) is -0.694. The Morgan fingerprint density at radius 3 is 2.48 bits per heavy atom. The molecule has 2 saturated heterocycles. The minimum absolute atomic E-state index is 0.114. The zero-order valence-corrected chi connectivity index (χ0v) is 16.5. The molecule has 29 heavy (non-hydrogen) atoms. The molecule has 2 fully saturated rings. The van der Waals surface area contributed by atoms with Crippen molar-refractivity contribution in [3.05, 3.63) is 54.1 Å². The van der Waals surface area contributed by atoms with Gasteiger partial charge in [0.25, 0.3) is 5.91 Å². The molecular formula is C23H25NO5. The molecule has 0 bridgehead atoms. The largest absolute Gasteiger partial charge is 0.497 e. The van der Waals surface area contributed by atoms with Crippen LogP contribution in [0.15, 0.2) is 48.5 Å². The second-order valence-electron chi connectivity index (χ2n) is 7.86.